The van der Waals surface area contributed by atoms with Gasteiger partial charge >= 0.3 is 0 Å². The molecule has 1 fully saturated rings. The van der Waals surface area contributed by atoms with Crippen LogP contribution in [0.5, 0.6) is 0 Å². The summed E-state index contributed by atoms with van der Waals surface area (Å²) in [6, 6.07) is 6.96. The Labute approximate surface area is 106 Å². The summed E-state index contributed by atoms with van der Waals surface area (Å²) in [5.41, 5.74) is 1.19. The van der Waals surface area contributed by atoms with Crippen molar-refractivity contribution in [2.45, 2.75) is 12.5 Å². The van der Waals surface area contributed by atoms with Gasteiger partial charge in [-0.2, -0.15) is 0 Å². The first-order valence-electron chi connectivity index (χ1n) is 4.68. The molecule has 1 aliphatic heterocycles. The van der Waals surface area contributed by atoms with Crippen LogP contribution >= 0.6 is 38.5 Å². The molecule has 2 N–H and O–H groups in total. The normalized spacial score (nSPS) is 21.1. The molecule has 1 saturated heterocycles. The van der Waals surface area contributed by atoms with Gasteiger partial charge in [-0.15, -0.1) is 0 Å². The van der Waals surface area contributed by atoms with Crippen molar-refractivity contribution in [1.29, 1.82) is 0 Å². The summed E-state index contributed by atoms with van der Waals surface area (Å²) >= 11 is 5.88. The molecule has 1 atom stereocenters. The van der Waals surface area contributed by atoms with E-state index in [1.165, 1.54) is 15.7 Å². The number of hydrogen-bond acceptors (Lipinski definition) is 2. The fraction of sp³-hybridized carbons (Fsp3) is 0.400. The summed E-state index contributed by atoms with van der Waals surface area (Å²) in [4.78, 5) is 0. The van der Waals surface area contributed by atoms with Gasteiger partial charge in [-0.1, -0.05) is 0 Å². The molecule has 1 aliphatic rings. The summed E-state index contributed by atoms with van der Waals surface area (Å²) in [6.45, 7) is 2.19. The van der Waals surface area contributed by atoms with Gasteiger partial charge in [-0.25, -0.2) is 0 Å². The molecule has 2 nitrogen and oxygen atoms in total. The Kier molecular flexibility index (Phi) is 3.67. The second kappa shape index (κ2) is 4.81. The fourth-order valence-corrected chi connectivity index (χ4v) is 3.02. The molecular formula is C10H12BrIN2. The van der Waals surface area contributed by atoms with Crippen molar-refractivity contribution < 1.29 is 0 Å². The van der Waals surface area contributed by atoms with Crippen LogP contribution in [0.1, 0.15) is 6.42 Å². The lowest BCUT2D eigenvalue weighted by atomic mass is 10.2. The van der Waals surface area contributed by atoms with Crippen molar-refractivity contribution in [2.24, 2.45) is 0 Å². The van der Waals surface area contributed by atoms with Gasteiger partial charge in [0.1, 0.15) is 0 Å². The van der Waals surface area contributed by atoms with Gasteiger partial charge in [-0.05, 0) is 69.7 Å². The maximum atomic E-state index is 3.57. The van der Waals surface area contributed by atoms with Gasteiger partial charge in [-0.3, -0.25) is 0 Å². The Morgan fingerprint density at radius 2 is 2.36 bits per heavy atom. The van der Waals surface area contributed by atoms with E-state index in [4.69, 9.17) is 0 Å². The molecule has 0 radical (unpaired) electrons. The Morgan fingerprint density at radius 3 is 3.00 bits per heavy atom. The highest BCUT2D eigenvalue weighted by molar-refractivity contribution is 14.1. The van der Waals surface area contributed by atoms with Crippen LogP contribution in [0, 0.1) is 3.57 Å². The number of halogens is 2. The first-order valence-corrected chi connectivity index (χ1v) is 6.55. The highest BCUT2D eigenvalue weighted by Gasteiger charge is 2.14. The summed E-state index contributed by atoms with van der Waals surface area (Å²) in [5.74, 6) is 0. The van der Waals surface area contributed by atoms with Crippen LogP contribution in [0.2, 0.25) is 0 Å². The van der Waals surface area contributed by atoms with Crippen LogP contribution in [-0.4, -0.2) is 19.1 Å². The molecule has 0 spiro atoms. The van der Waals surface area contributed by atoms with Crippen molar-refractivity contribution >= 4 is 44.2 Å². The van der Waals surface area contributed by atoms with Gasteiger partial charge in [0.15, 0.2) is 0 Å². The molecule has 1 aromatic carbocycles. The van der Waals surface area contributed by atoms with E-state index in [2.05, 4.69) is 67.4 Å². The van der Waals surface area contributed by atoms with E-state index in [-0.39, 0.29) is 0 Å². The highest BCUT2D eigenvalue weighted by atomic mass is 127. The maximum absolute atomic E-state index is 3.57. The summed E-state index contributed by atoms with van der Waals surface area (Å²) in [5, 5.41) is 6.87. The standard InChI is InChI=1S/C10H12BrIN2/c11-9-5-7(12)1-2-10(9)14-8-3-4-13-6-8/h1-2,5,8,13-14H,3-4,6H2. The van der Waals surface area contributed by atoms with Gasteiger partial charge < -0.3 is 10.6 Å². The van der Waals surface area contributed by atoms with Crippen LogP contribution in [-0.2, 0) is 0 Å². The van der Waals surface area contributed by atoms with E-state index in [1.54, 1.807) is 0 Å². The monoisotopic (exact) mass is 366 g/mol. The third-order valence-electron chi connectivity index (χ3n) is 2.35. The van der Waals surface area contributed by atoms with Crippen molar-refractivity contribution in [2.75, 3.05) is 18.4 Å². The molecule has 1 heterocycles. The van der Waals surface area contributed by atoms with E-state index >= 15 is 0 Å². The summed E-state index contributed by atoms with van der Waals surface area (Å²) in [6.07, 6.45) is 1.21. The molecule has 76 valence electrons. The molecule has 0 aliphatic carbocycles. The van der Waals surface area contributed by atoms with Gasteiger partial charge in [0, 0.05) is 26.3 Å². The third-order valence-corrected chi connectivity index (χ3v) is 3.68. The Bertz CT molecular complexity index is 324. The molecule has 0 aromatic heterocycles. The lowest BCUT2D eigenvalue weighted by Crippen LogP contribution is -2.22. The Morgan fingerprint density at radius 1 is 1.50 bits per heavy atom. The highest BCUT2D eigenvalue weighted by Crippen LogP contribution is 2.25. The average molecular weight is 367 g/mol. The zero-order chi connectivity index (χ0) is 9.97. The van der Waals surface area contributed by atoms with E-state index < -0.39 is 0 Å². The maximum Gasteiger partial charge on any atom is 0.0487 e. The second-order valence-electron chi connectivity index (χ2n) is 3.46. The number of anilines is 1. The predicted molar refractivity (Wildman–Crippen MR) is 71.8 cm³/mol. The summed E-state index contributed by atoms with van der Waals surface area (Å²) < 4.78 is 2.40. The van der Waals surface area contributed by atoms with Crippen LogP contribution in [0.3, 0.4) is 0 Å². The SMILES string of the molecule is Brc1cc(I)ccc1NC1CCNC1. The lowest BCUT2D eigenvalue weighted by molar-refractivity contribution is 0.793. The Balaban J connectivity index is 2.08. The number of benzene rings is 1. The lowest BCUT2D eigenvalue weighted by Gasteiger charge is -2.14. The molecule has 1 unspecified atom stereocenters. The van der Waals surface area contributed by atoms with Crippen molar-refractivity contribution in [3.63, 3.8) is 0 Å². The predicted octanol–water partition coefficient (Wildman–Crippen LogP) is 2.83. The first kappa shape index (κ1) is 10.7. The van der Waals surface area contributed by atoms with E-state index in [0.29, 0.717) is 6.04 Å². The van der Waals surface area contributed by atoms with E-state index in [0.717, 1.165) is 17.6 Å². The average Bonchev–Trinajstić information content (AvgIpc) is 2.62. The first-order chi connectivity index (χ1) is 6.75. The zero-order valence-corrected chi connectivity index (χ0v) is 11.4. The molecule has 1 aromatic rings. The van der Waals surface area contributed by atoms with Gasteiger partial charge in [0.05, 0.1) is 0 Å². The second-order valence-corrected chi connectivity index (χ2v) is 5.56. The zero-order valence-electron chi connectivity index (χ0n) is 7.69. The van der Waals surface area contributed by atoms with Gasteiger partial charge in [0.25, 0.3) is 0 Å². The minimum atomic E-state index is 0.575. The van der Waals surface area contributed by atoms with Crippen LogP contribution in [0.4, 0.5) is 5.69 Å². The topological polar surface area (TPSA) is 24.1 Å². The van der Waals surface area contributed by atoms with Crippen LogP contribution < -0.4 is 10.6 Å². The van der Waals surface area contributed by atoms with Crippen LogP contribution in [0.15, 0.2) is 22.7 Å². The van der Waals surface area contributed by atoms with Crippen molar-refractivity contribution in [1.82, 2.24) is 5.32 Å². The minimum absolute atomic E-state index is 0.575. The molecule has 4 heteroatoms. The smallest absolute Gasteiger partial charge is 0.0487 e. The third kappa shape index (κ3) is 2.61. The van der Waals surface area contributed by atoms with E-state index in [9.17, 15) is 0 Å². The van der Waals surface area contributed by atoms with Crippen molar-refractivity contribution in [3.05, 3.63) is 26.2 Å². The molecule has 0 amide bonds. The molecule has 0 saturated carbocycles. The van der Waals surface area contributed by atoms with Gasteiger partial charge in [0.2, 0.25) is 0 Å². The molecule has 0 bridgehead atoms. The number of nitrogens with one attached hydrogen (secondary N) is 2. The quantitative estimate of drug-likeness (QED) is 0.786. The van der Waals surface area contributed by atoms with Crippen molar-refractivity contribution in [3.8, 4) is 0 Å². The minimum Gasteiger partial charge on any atom is -0.380 e. The fourth-order valence-electron chi connectivity index (χ4n) is 1.60. The molecule has 14 heavy (non-hydrogen) atoms. The van der Waals surface area contributed by atoms with Crippen LogP contribution in [0.25, 0.3) is 0 Å². The number of rotatable bonds is 2. The summed E-state index contributed by atoms with van der Waals surface area (Å²) in [7, 11) is 0. The number of hydrogen-bond donors (Lipinski definition) is 2. The van der Waals surface area contributed by atoms with E-state index in [1.807, 2.05) is 0 Å². The molecule has 2 rings (SSSR count). The largest absolute Gasteiger partial charge is 0.380 e. The Hall–Kier alpha value is 0.190. The molecular weight excluding hydrogens is 355 g/mol.